The monoisotopic (exact) mass is 428 g/mol. The van der Waals surface area contributed by atoms with Gasteiger partial charge in [-0.25, -0.2) is 4.79 Å². The minimum Gasteiger partial charge on any atom is -0.308 e. The van der Waals surface area contributed by atoms with Gasteiger partial charge in [-0.3, -0.25) is 15.5 Å². The fourth-order valence-electron chi connectivity index (χ4n) is 2.43. The first-order valence-electron chi connectivity index (χ1n) is 7.66. The quantitative estimate of drug-likeness (QED) is 0.370. The third-order valence-corrected chi connectivity index (χ3v) is 5.25. The summed E-state index contributed by atoms with van der Waals surface area (Å²) < 4.78 is 1.03. The van der Waals surface area contributed by atoms with Crippen molar-refractivity contribution in [2.24, 2.45) is 0 Å². The van der Waals surface area contributed by atoms with E-state index in [4.69, 9.17) is 0 Å². The van der Waals surface area contributed by atoms with Crippen LogP contribution in [0.2, 0.25) is 0 Å². The van der Waals surface area contributed by atoms with E-state index in [0.29, 0.717) is 11.5 Å². The Morgan fingerprint density at radius 3 is 2.73 bits per heavy atom. The molecule has 1 aromatic carbocycles. The Morgan fingerprint density at radius 2 is 1.96 bits per heavy atom. The lowest BCUT2D eigenvalue weighted by atomic mass is 10.1. The van der Waals surface area contributed by atoms with Gasteiger partial charge >= 0.3 is 6.03 Å². The van der Waals surface area contributed by atoms with Crippen LogP contribution in [0.4, 0.5) is 16.3 Å². The zero-order valence-electron chi connectivity index (χ0n) is 13.3. The van der Waals surface area contributed by atoms with Gasteiger partial charge in [0.1, 0.15) is 0 Å². The first-order chi connectivity index (χ1) is 12.7. The van der Waals surface area contributed by atoms with Crippen LogP contribution in [0.1, 0.15) is 0 Å². The van der Waals surface area contributed by atoms with Crippen LogP contribution in [-0.2, 0) is 0 Å². The summed E-state index contributed by atoms with van der Waals surface area (Å²) in [5.41, 5.74) is 3.34. The summed E-state index contributed by atoms with van der Waals surface area (Å²) >= 11 is 5.02. The fourth-order valence-corrected chi connectivity index (χ4v) is 3.78. The van der Waals surface area contributed by atoms with Gasteiger partial charge in [0, 0.05) is 23.5 Å². The number of nitrogens with one attached hydrogen (secondary N) is 4. The van der Waals surface area contributed by atoms with Crippen molar-refractivity contribution in [3.63, 3.8) is 0 Å². The van der Waals surface area contributed by atoms with Crippen molar-refractivity contribution in [1.29, 1.82) is 0 Å². The number of thiophene rings is 1. The predicted octanol–water partition coefficient (Wildman–Crippen LogP) is 4.93. The van der Waals surface area contributed by atoms with E-state index >= 15 is 0 Å². The molecule has 0 saturated carbocycles. The third kappa shape index (κ3) is 3.68. The van der Waals surface area contributed by atoms with Crippen LogP contribution in [0.3, 0.4) is 0 Å². The largest absolute Gasteiger partial charge is 0.324 e. The average molecular weight is 429 g/mol. The number of halogens is 1. The first kappa shape index (κ1) is 16.6. The average Bonchev–Trinajstić information content (AvgIpc) is 3.36. The van der Waals surface area contributed by atoms with Gasteiger partial charge in [0.25, 0.3) is 0 Å². The predicted molar refractivity (Wildman–Crippen MR) is 106 cm³/mol. The van der Waals surface area contributed by atoms with Crippen LogP contribution in [0, 0.1) is 0 Å². The van der Waals surface area contributed by atoms with Crippen molar-refractivity contribution in [2.45, 2.75) is 0 Å². The van der Waals surface area contributed by atoms with E-state index in [9.17, 15) is 4.79 Å². The Bertz CT molecular complexity index is 1040. The molecule has 0 atom stereocenters. The highest BCUT2D eigenvalue weighted by Gasteiger charge is 2.09. The number of anilines is 2. The van der Waals surface area contributed by atoms with Crippen LogP contribution in [0.25, 0.3) is 21.8 Å². The highest BCUT2D eigenvalue weighted by Crippen LogP contribution is 2.31. The lowest BCUT2D eigenvalue weighted by molar-refractivity contribution is 0.262. The van der Waals surface area contributed by atoms with Gasteiger partial charge in [-0.05, 0) is 46.3 Å². The molecule has 0 saturated heterocycles. The summed E-state index contributed by atoms with van der Waals surface area (Å²) in [6.45, 7) is 0. The van der Waals surface area contributed by atoms with Crippen LogP contribution in [-0.4, -0.2) is 26.4 Å². The highest BCUT2D eigenvalue weighted by atomic mass is 79.9. The standard InChI is InChI=1S/C17H13BrN6OS/c18-15-5-4-14(26-15)13-9-16(24-23-13)21-17(25)20-11-3-1-2-10(8-11)12-6-7-19-22-12/h1-9H,(H,19,22)(H3,20,21,23,24,25). The Morgan fingerprint density at radius 1 is 1.04 bits per heavy atom. The number of rotatable bonds is 4. The number of urea groups is 1. The lowest BCUT2D eigenvalue weighted by Gasteiger charge is -2.07. The molecule has 0 fully saturated rings. The van der Waals surface area contributed by atoms with Crippen molar-refractivity contribution >= 4 is 44.8 Å². The van der Waals surface area contributed by atoms with Gasteiger partial charge in [0.15, 0.2) is 5.82 Å². The van der Waals surface area contributed by atoms with Gasteiger partial charge in [-0.2, -0.15) is 10.2 Å². The number of amides is 2. The maximum absolute atomic E-state index is 12.2. The molecule has 130 valence electrons. The summed E-state index contributed by atoms with van der Waals surface area (Å²) in [5.74, 6) is 0.451. The van der Waals surface area contributed by atoms with Crippen LogP contribution in [0.5, 0.6) is 0 Å². The summed E-state index contributed by atoms with van der Waals surface area (Å²) in [6, 6.07) is 14.7. The van der Waals surface area contributed by atoms with Crippen molar-refractivity contribution in [1.82, 2.24) is 20.4 Å². The second-order valence-electron chi connectivity index (χ2n) is 5.40. The molecule has 0 aliphatic carbocycles. The van der Waals surface area contributed by atoms with Crippen molar-refractivity contribution in [2.75, 3.05) is 10.6 Å². The third-order valence-electron chi connectivity index (χ3n) is 3.59. The van der Waals surface area contributed by atoms with Gasteiger partial charge in [0.2, 0.25) is 0 Å². The zero-order valence-corrected chi connectivity index (χ0v) is 15.7. The molecule has 0 bridgehead atoms. The number of carbonyl (C=O) groups is 1. The molecule has 2 amide bonds. The zero-order chi connectivity index (χ0) is 17.9. The second kappa shape index (κ2) is 7.14. The maximum Gasteiger partial charge on any atom is 0.324 e. The number of H-pyrrole nitrogens is 2. The van der Waals surface area contributed by atoms with E-state index in [0.717, 1.165) is 25.6 Å². The summed E-state index contributed by atoms with van der Waals surface area (Å²) in [5, 5.41) is 19.4. The molecule has 4 aromatic rings. The van der Waals surface area contributed by atoms with Crippen LogP contribution in [0.15, 0.2) is 58.5 Å². The molecule has 7 nitrogen and oxygen atoms in total. The molecule has 3 heterocycles. The fraction of sp³-hybridized carbons (Fsp3) is 0. The molecular weight excluding hydrogens is 416 g/mol. The molecule has 0 aliphatic rings. The minimum absolute atomic E-state index is 0.364. The van der Waals surface area contributed by atoms with Crippen molar-refractivity contribution in [3.05, 3.63) is 58.5 Å². The normalized spacial score (nSPS) is 10.7. The molecule has 0 unspecified atom stereocenters. The first-order valence-corrected chi connectivity index (χ1v) is 9.27. The molecule has 9 heteroatoms. The van der Waals surface area contributed by atoms with E-state index in [1.807, 2.05) is 42.5 Å². The second-order valence-corrected chi connectivity index (χ2v) is 7.86. The van der Waals surface area contributed by atoms with E-state index in [-0.39, 0.29) is 6.03 Å². The van der Waals surface area contributed by atoms with Crippen molar-refractivity contribution in [3.8, 4) is 21.8 Å². The number of aromatic nitrogens is 4. The molecular formula is C17H13BrN6OS. The number of aromatic amines is 2. The SMILES string of the molecule is O=C(Nc1cccc(-c2ccn[nH]2)c1)Nc1cc(-c2ccc(Br)s2)[nH]n1. The number of benzene rings is 1. The van der Waals surface area contributed by atoms with Gasteiger partial charge in [0.05, 0.1) is 20.1 Å². The van der Waals surface area contributed by atoms with E-state index in [1.54, 1.807) is 23.6 Å². The number of carbonyl (C=O) groups excluding carboxylic acids is 1. The van der Waals surface area contributed by atoms with Gasteiger partial charge < -0.3 is 5.32 Å². The van der Waals surface area contributed by atoms with E-state index < -0.39 is 0 Å². The number of nitrogens with zero attached hydrogens (tertiary/aromatic N) is 2. The number of hydrogen-bond acceptors (Lipinski definition) is 4. The van der Waals surface area contributed by atoms with Crippen LogP contribution < -0.4 is 10.6 Å². The molecule has 0 spiro atoms. The Hall–Kier alpha value is -2.91. The van der Waals surface area contributed by atoms with Gasteiger partial charge in [-0.15, -0.1) is 11.3 Å². The van der Waals surface area contributed by atoms with Gasteiger partial charge in [-0.1, -0.05) is 12.1 Å². The smallest absolute Gasteiger partial charge is 0.308 e. The Labute approximate surface area is 161 Å². The van der Waals surface area contributed by atoms with E-state index in [1.165, 1.54) is 0 Å². The minimum atomic E-state index is -0.364. The Balaban J connectivity index is 1.43. The summed E-state index contributed by atoms with van der Waals surface area (Å²) in [4.78, 5) is 13.3. The molecule has 0 radical (unpaired) electrons. The topological polar surface area (TPSA) is 98.5 Å². The lowest BCUT2D eigenvalue weighted by Crippen LogP contribution is -2.19. The maximum atomic E-state index is 12.2. The number of hydrogen-bond donors (Lipinski definition) is 4. The molecule has 4 rings (SSSR count). The van der Waals surface area contributed by atoms with E-state index in [2.05, 4.69) is 47.0 Å². The summed E-state index contributed by atoms with van der Waals surface area (Å²) in [7, 11) is 0. The molecule has 4 N–H and O–H groups in total. The summed E-state index contributed by atoms with van der Waals surface area (Å²) in [6.07, 6.45) is 1.68. The van der Waals surface area contributed by atoms with Crippen LogP contribution >= 0.6 is 27.3 Å². The Kier molecular flexibility index (Phi) is 4.55. The highest BCUT2D eigenvalue weighted by molar-refractivity contribution is 9.11. The molecule has 0 aliphatic heterocycles. The molecule has 3 aromatic heterocycles. The van der Waals surface area contributed by atoms with Crippen molar-refractivity contribution < 1.29 is 4.79 Å². The molecule has 26 heavy (non-hydrogen) atoms.